The van der Waals surface area contributed by atoms with E-state index in [1.165, 1.54) is 6.26 Å². The zero-order valence-electron chi connectivity index (χ0n) is 13.0. The first-order valence-electron chi connectivity index (χ1n) is 7.68. The number of amides is 2. The number of aryl methyl sites for hydroxylation is 1. The molecule has 1 N–H and O–H groups in total. The van der Waals surface area contributed by atoms with Gasteiger partial charge in [0.1, 0.15) is 12.8 Å². The number of benzene rings is 1. The number of nitrogens with one attached hydrogen (secondary N) is 1. The van der Waals surface area contributed by atoms with Crippen LogP contribution in [0.3, 0.4) is 0 Å². The molecule has 3 rings (SSSR count). The van der Waals surface area contributed by atoms with Gasteiger partial charge in [0.15, 0.2) is 5.82 Å². The molecular formula is C17H19N3O3. The van der Waals surface area contributed by atoms with E-state index in [4.69, 9.17) is 0 Å². The molecule has 1 aliphatic rings. The van der Waals surface area contributed by atoms with Crippen LogP contribution in [0.2, 0.25) is 0 Å². The lowest BCUT2D eigenvalue weighted by molar-refractivity contribution is -0.117. The highest BCUT2D eigenvalue weighted by Gasteiger charge is 2.29. The van der Waals surface area contributed by atoms with Crippen molar-refractivity contribution >= 4 is 17.6 Å². The second-order valence-corrected chi connectivity index (χ2v) is 5.88. The fourth-order valence-corrected chi connectivity index (χ4v) is 2.45. The summed E-state index contributed by atoms with van der Waals surface area (Å²) in [4.78, 5) is 26.6. The van der Waals surface area contributed by atoms with Crippen molar-refractivity contribution < 1.29 is 14.1 Å². The lowest BCUT2D eigenvalue weighted by atomic mass is 10.1. The number of aromatic nitrogens is 1. The topological polar surface area (TPSA) is 75.4 Å². The predicted molar refractivity (Wildman–Crippen MR) is 84.9 cm³/mol. The lowest BCUT2D eigenvalue weighted by Crippen LogP contribution is -2.39. The minimum Gasteiger partial charge on any atom is -0.363 e. The molecule has 0 atom stereocenters. The van der Waals surface area contributed by atoms with Gasteiger partial charge in [-0.3, -0.25) is 9.59 Å². The van der Waals surface area contributed by atoms with Crippen LogP contribution in [0.15, 0.2) is 41.1 Å². The van der Waals surface area contributed by atoms with E-state index >= 15 is 0 Å². The molecule has 0 bridgehead atoms. The lowest BCUT2D eigenvalue weighted by Gasteiger charge is -2.22. The molecule has 0 aliphatic heterocycles. The van der Waals surface area contributed by atoms with Crippen molar-refractivity contribution in [1.82, 2.24) is 10.1 Å². The average molecular weight is 313 g/mol. The number of hydrogen-bond donors (Lipinski definition) is 1. The normalized spacial score (nSPS) is 13.6. The number of anilines is 1. The second kappa shape index (κ2) is 6.64. The summed E-state index contributed by atoms with van der Waals surface area (Å²) >= 11 is 0. The first-order valence-corrected chi connectivity index (χ1v) is 7.68. The number of carbonyl (C=O) groups is 2. The predicted octanol–water partition coefficient (Wildman–Crippen LogP) is 2.47. The molecule has 1 aliphatic carbocycles. The maximum absolute atomic E-state index is 12.8. The monoisotopic (exact) mass is 313 g/mol. The van der Waals surface area contributed by atoms with Crippen molar-refractivity contribution in [3.8, 4) is 0 Å². The van der Waals surface area contributed by atoms with Gasteiger partial charge in [-0.2, -0.15) is 0 Å². The van der Waals surface area contributed by atoms with Gasteiger partial charge in [-0.1, -0.05) is 23.4 Å². The van der Waals surface area contributed by atoms with Crippen LogP contribution in [0.4, 0.5) is 5.82 Å². The van der Waals surface area contributed by atoms with E-state index in [9.17, 15) is 9.59 Å². The van der Waals surface area contributed by atoms with E-state index in [1.54, 1.807) is 17.0 Å². The summed E-state index contributed by atoms with van der Waals surface area (Å²) < 4.78 is 4.68. The van der Waals surface area contributed by atoms with Gasteiger partial charge in [0.2, 0.25) is 5.91 Å². The molecule has 1 aromatic carbocycles. The summed E-state index contributed by atoms with van der Waals surface area (Å²) in [5.41, 5.74) is 1.55. The van der Waals surface area contributed by atoms with E-state index in [0.29, 0.717) is 23.8 Å². The quantitative estimate of drug-likeness (QED) is 0.889. The molecule has 0 spiro atoms. The van der Waals surface area contributed by atoms with Crippen LogP contribution in [0.25, 0.3) is 0 Å². The molecule has 23 heavy (non-hydrogen) atoms. The van der Waals surface area contributed by atoms with Crippen molar-refractivity contribution in [1.29, 1.82) is 0 Å². The fraction of sp³-hybridized carbons (Fsp3) is 0.353. The van der Waals surface area contributed by atoms with Gasteiger partial charge < -0.3 is 14.7 Å². The molecule has 1 aromatic heterocycles. The van der Waals surface area contributed by atoms with Gasteiger partial charge in [-0.15, -0.1) is 0 Å². The molecule has 2 amide bonds. The summed E-state index contributed by atoms with van der Waals surface area (Å²) in [5.74, 6) is 0.472. The first-order chi connectivity index (χ1) is 11.1. The molecule has 1 heterocycles. The number of carbonyl (C=O) groups excluding carboxylic acids is 2. The van der Waals surface area contributed by atoms with E-state index < -0.39 is 0 Å². The summed E-state index contributed by atoms with van der Waals surface area (Å²) in [6.07, 6.45) is 3.61. The maximum atomic E-state index is 12.8. The Morgan fingerprint density at radius 1 is 1.30 bits per heavy atom. The van der Waals surface area contributed by atoms with Gasteiger partial charge in [0.05, 0.1) is 0 Å². The number of hydrogen-bond acceptors (Lipinski definition) is 4. The highest BCUT2D eigenvalue weighted by atomic mass is 16.5. The average Bonchev–Trinajstić information content (AvgIpc) is 3.20. The number of nitrogens with zero attached hydrogens (tertiary/aromatic N) is 2. The standard InChI is InChI=1S/C17H19N3O3/c1-12-4-2-3-5-14(12)17(22)20(10-13-6-7-13)11-16(21)18-15-8-9-23-19-15/h2-5,8-9,13H,6-7,10-11H2,1H3,(H,18,19,21). The van der Waals surface area contributed by atoms with Gasteiger partial charge in [-0.25, -0.2) is 0 Å². The van der Waals surface area contributed by atoms with Crippen molar-refractivity contribution in [3.05, 3.63) is 47.7 Å². The molecule has 1 saturated carbocycles. The number of rotatable bonds is 6. The van der Waals surface area contributed by atoms with Crippen LogP contribution in [0.1, 0.15) is 28.8 Å². The Kier molecular flexibility index (Phi) is 4.41. The minimum atomic E-state index is -0.276. The molecule has 6 nitrogen and oxygen atoms in total. The Bertz CT molecular complexity index is 693. The van der Waals surface area contributed by atoms with Crippen molar-refractivity contribution in [2.45, 2.75) is 19.8 Å². The Hall–Kier alpha value is -2.63. The molecule has 6 heteroatoms. The summed E-state index contributed by atoms with van der Waals surface area (Å²) in [7, 11) is 0. The van der Waals surface area contributed by atoms with Gasteiger partial charge in [0, 0.05) is 18.2 Å². The molecule has 0 saturated heterocycles. The van der Waals surface area contributed by atoms with E-state index in [-0.39, 0.29) is 18.4 Å². The van der Waals surface area contributed by atoms with Crippen LogP contribution in [-0.2, 0) is 4.79 Å². The molecule has 0 radical (unpaired) electrons. The minimum absolute atomic E-state index is 0.0104. The maximum Gasteiger partial charge on any atom is 0.254 e. The Labute approximate surface area is 134 Å². The molecular weight excluding hydrogens is 294 g/mol. The second-order valence-electron chi connectivity index (χ2n) is 5.88. The third-order valence-corrected chi connectivity index (χ3v) is 3.88. The third kappa shape index (κ3) is 3.97. The Morgan fingerprint density at radius 2 is 2.09 bits per heavy atom. The highest BCUT2D eigenvalue weighted by molar-refractivity contribution is 5.99. The molecule has 1 fully saturated rings. The zero-order valence-corrected chi connectivity index (χ0v) is 13.0. The van der Waals surface area contributed by atoms with Crippen LogP contribution < -0.4 is 5.32 Å². The van der Waals surface area contributed by atoms with E-state index in [2.05, 4.69) is 15.0 Å². The van der Waals surface area contributed by atoms with Gasteiger partial charge >= 0.3 is 0 Å². The van der Waals surface area contributed by atoms with Gasteiger partial charge in [-0.05, 0) is 37.3 Å². The van der Waals surface area contributed by atoms with E-state index in [1.807, 2.05) is 25.1 Å². The van der Waals surface area contributed by atoms with Crippen LogP contribution >= 0.6 is 0 Å². The first kappa shape index (κ1) is 15.3. The van der Waals surface area contributed by atoms with Crippen molar-refractivity contribution in [3.63, 3.8) is 0 Å². The van der Waals surface area contributed by atoms with E-state index in [0.717, 1.165) is 18.4 Å². The summed E-state index contributed by atoms with van der Waals surface area (Å²) in [6.45, 7) is 2.52. The molecule has 2 aromatic rings. The Morgan fingerprint density at radius 3 is 2.74 bits per heavy atom. The SMILES string of the molecule is Cc1ccccc1C(=O)N(CC(=O)Nc1ccon1)CC1CC1. The molecule has 120 valence electrons. The summed E-state index contributed by atoms with van der Waals surface area (Å²) in [6, 6.07) is 9.00. The largest absolute Gasteiger partial charge is 0.363 e. The third-order valence-electron chi connectivity index (χ3n) is 3.88. The Balaban J connectivity index is 1.70. The highest BCUT2D eigenvalue weighted by Crippen LogP contribution is 2.30. The van der Waals surface area contributed by atoms with Crippen LogP contribution in [0.5, 0.6) is 0 Å². The van der Waals surface area contributed by atoms with Gasteiger partial charge in [0.25, 0.3) is 5.91 Å². The summed E-state index contributed by atoms with van der Waals surface area (Å²) in [5, 5.41) is 6.27. The van der Waals surface area contributed by atoms with Crippen molar-refractivity contribution in [2.75, 3.05) is 18.4 Å². The van der Waals surface area contributed by atoms with Crippen LogP contribution in [-0.4, -0.2) is 35.0 Å². The van der Waals surface area contributed by atoms with Crippen molar-refractivity contribution in [2.24, 2.45) is 5.92 Å². The smallest absolute Gasteiger partial charge is 0.254 e. The zero-order chi connectivity index (χ0) is 16.2. The fourth-order valence-electron chi connectivity index (χ4n) is 2.45. The molecule has 0 unspecified atom stereocenters. The van der Waals surface area contributed by atoms with Crippen LogP contribution in [0, 0.1) is 12.8 Å².